The molecule has 0 aliphatic rings. The summed E-state index contributed by atoms with van der Waals surface area (Å²) in [7, 11) is 2.79. The van der Waals surface area contributed by atoms with Gasteiger partial charge in [-0.2, -0.15) is 0 Å². The van der Waals surface area contributed by atoms with E-state index in [0.717, 1.165) is 6.42 Å². The lowest BCUT2D eigenvalue weighted by molar-refractivity contribution is 0.00972. The van der Waals surface area contributed by atoms with Crippen LogP contribution in [-0.4, -0.2) is 39.1 Å². The van der Waals surface area contributed by atoms with Crippen LogP contribution in [-0.2, 0) is 14.2 Å². The SMILES string of the molecule is CC[C@@H](COC(=O)c1ccc(OC(=O)OC)cc1)OC. The maximum atomic E-state index is 11.8. The van der Waals surface area contributed by atoms with Gasteiger partial charge in [0.15, 0.2) is 0 Å². The summed E-state index contributed by atoms with van der Waals surface area (Å²) in [4.78, 5) is 22.7. The minimum atomic E-state index is -0.814. The summed E-state index contributed by atoms with van der Waals surface area (Å²) in [5.41, 5.74) is 0.369. The first-order chi connectivity index (χ1) is 9.60. The van der Waals surface area contributed by atoms with Crippen molar-refractivity contribution in [1.82, 2.24) is 0 Å². The van der Waals surface area contributed by atoms with Crippen LogP contribution in [0.4, 0.5) is 4.79 Å². The Hall–Kier alpha value is -2.08. The van der Waals surface area contributed by atoms with E-state index in [-0.39, 0.29) is 18.5 Å². The van der Waals surface area contributed by atoms with Gasteiger partial charge in [0.1, 0.15) is 12.4 Å². The van der Waals surface area contributed by atoms with E-state index in [1.165, 1.54) is 31.4 Å². The van der Waals surface area contributed by atoms with Gasteiger partial charge in [-0.05, 0) is 30.7 Å². The number of carbonyl (C=O) groups excluding carboxylic acids is 2. The molecular formula is C14H18O6. The Kier molecular flexibility index (Phi) is 6.52. The molecule has 0 radical (unpaired) electrons. The minimum absolute atomic E-state index is 0.110. The van der Waals surface area contributed by atoms with Crippen LogP contribution >= 0.6 is 0 Å². The Balaban J connectivity index is 2.55. The first-order valence-electron chi connectivity index (χ1n) is 6.16. The number of esters is 1. The molecule has 1 aromatic carbocycles. The van der Waals surface area contributed by atoms with E-state index in [9.17, 15) is 9.59 Å². The zero-order valence-electron chi connectivity index (χ0n) is 11.8. The molecule has 0 spiro atoms. The van der Waals surface area contributed by atoms with Crippen LogP contribution in [0.25, 0.3) is 0 Å². The second kappa shape index (κ2) is 8.16. The molecule has 0 fully saturated rings. The zero-order chi connectivity index (χ0) is 15.0. The van der Waals surface area contributed by atoms with Crippen LogP contribution in [0.1, 0.15) is 23.7 Å². The highest BCUT2D eigenvalue weighted by molar-refractivity contribution is 5.89. The molecule has 0 unspecified atom stereocenters. The van der Waals surface area contributed by atoms with E-state index in [0.29, 0.717) is 5.56 Å². The third-order valence-corrected chi connectivity index (χ3v) is 2.65. The molecule has 6 nitrogen and oxygen atoms in total. The summed E-state index contributed by atoms with van der Waals surface area (Å²) in [6.45, 7) is 2.15. The predicted octanol–water partition coefficient (Wildman–Crippen LogP) is 2.41. The van der Waals surface area contributed by atoms with E-state index in [2.05, 4.69) is 4.74 Å². The normalized spacial score (nSPS) is 11.6. The van der Waals surface area contributed by atoms with Gasteiger partial charge in [0.05, 0.1) is 18.8 Å². The lowest BCUT2D eigenvalue weighted by Crippen LogP contribution is -2.20. The monoisotopic (exact) mass is 282 g/mol. The molecular weight excluding hydrogens is 264 g/mol. The molecule has 20 heavy (non-hydrogen) atoms. The van der Waals surface area contributed by atoms with Crippen LogP contribution in [0.3, 0.4) is 0 Å². The predicted molar refractivity (Wildman–Crippen MR) is 70.8 cm³/mol. The Morgan fingerprint density at radius 3 is 2.30 bits per heavy atom. The third-order valence-electron chi connectivity index (χ3n) is 2.65. The molecule has 0 heterocycles. The molecule has 0 N–H and O–H groups in total. The van der Waals surface area contributed by atoms with E-state index in [1.54, 1.807) is 7.11 Å². The Morgan fingerprint density at radius 2 is 1.80 bits per heavy atom. The number of hydrogen-bond acceptors (Lipinski definition) is 6. The van der Waals surface area contributed by atoms with E-state index in [4.69, 9.17) is 14.2 Å². The van der Waals surface area contributed by atoms with Gasteiger partial charge >= 0.3 is 12.1 Å². The summed E-state index contributed by atoms with van der Waals surface area (Å²) in [6.07, 6.45) is -0.164. The van der Waals surface area contributed by atoms with Crippen molar-refractivity contribution in [2.45, 2.75) is 19.4 Å². The number of benzene rings is 1. The van der Waals surface area contributed by atoms with Crippen molar-refractivity contribution in [3.8, 4) is 5.75 Å². The highest BCUT2D eigenvalue weighted by atomic mass is 16.7. The van der Waals surface area contributed by atoms with Crippen LogP contribution in [0.5, 0.6) is 5.75 Å². The van der Waals surface area contributed by atoms with Gasteiger partial charge in [0, 0.05) is 7.11 Å². The van der Waals surface area contributed by atoms with Crippen molar-refractivity contribution in [3.05, 3.63) is 29.8 Å². The first kappa shape index (κ1) is 16.0. The van der Waals surface area contributed by atoms with Crippen LogP contribution in [0.2, 0.25) is 0 Å². The highest BCUT2D eigenvalue weighted by Crippen LogP contribution is 2.14. The average Bonchev–Trinajstić information content (AvgIpc) is 2.48. The van der Waals surface area contributed by atoms with Crippen LogP contribution in [0, 0.1) is 0 Å². The van der Waals surface area contributed by atoms with Crippen LogP contribution in [0.15, 0.2) is 24.3 Å². The highest BCUT2D eigenvalue weighted by Gasteiger charge is 2.12. The van der Waals surface area contributed by atoms with E-state index < -0.39 is 12.1 Å². The minimum Gasteiger partial charge on any atom is -0.459 e. The van der Waals surface area contributed by atoms with Crippen molar-refractivity contribution in [1.29, 1.82) is 0 Å². The summed E-state index contributed by atoms with van der Waals surface area (Å²) in [6, 6.07) is 5.99. The fourth-order valence-corrected chi connectivity index (χ4v) is 1.40. The van der Waals surface area contributed by atoms with E-state index in [1.807, 2.05) is 6.92 Å². The largest absolute Gasteiger partial charge is 0.513 e. The van der Waals surface area contributed by atoms with Crippen molar-refractivity contribution >= 4 is 12.1 Å². The first-order valence-corrected chi connectivity index (χ1v) is 6.16. The second-order valence-electron chi connectivity index (χ2n) is 3.94. The molecule has 1 aromatic rings. The maximum Gasteiger partial charge on any atom is 0.513 e. The van der Waals surface area contributed by atoms with E-state index >= 15 is 0 Å². The topological polar surface area (TPSA) is 71.1 Å². The Bertz CT molecular complexity index is 435. The molecule has 6 heteroatoms. The Labute approximate surface area is 117 Å². The summed E-state index contributed by atoms with van der Waals surface area (Å²) in [5.74, 6) is -0.165. The number of hydrogen-bond donors (Lipinski definition) is 0. The summed E-state index contributed by atoms with van der Waals surface area (Å²) >= 11 is 0. The molecule has 0 amide bonds. The third kappa shape index (κ3) is 4.89. The number of methoxy groups -OCH3 is 2. The lowest BCUT2D eigenvalue weighted by Gasteiger charge is -2.13. The summed E-state index contributed by atoms with van der Waals surface area (Å²) < 4.78 is 19.4. The second-order valence-corrected chi connectivity index (χ2v) is 3.94. The van der Waals surface area contributed by atoms with Gasteiger partial charge in [-0.25, -0.2) is 9.59 Å². The van der Waals surface area contributed by atoms with Crippen molar-refractivity contribution in [2.75, 3.05) is 20.8 Å². The smallest absolute Gasteiger partial charge is 0.459 e. The molecule has 110 valence electrons. The van der Waals surface area contributed by atoms with Gasteiger partial charge in [-0.15, -0.1) is 0 Å². The molecule has 0 bridgehead atoms. The molecule has 0 aliphatic carbocycles. The van der Waals surface area contributed by atoms with Gasteiger partial charge in [-0.1, -0.05) is 6.92 Å². The fraction of sp³-hybridized carbons (Fsp3) is 0.429. The molecule has 0 saturated heterocycles. The molecule has 0 aliphatic heterocycles. The zero-order valence-corrected chi connectivity index (χ0v) is 11.8. The number of rotatable bonds is 6. The quantitative estimate of drug-likeness (QED) is 0.589. The van der Waals surface area contributed by atoms with Gasteiger partial charge < -0.3 is 18.9 Å². The summed E-state index contributed by atoms with van der Waals surface area (Å²) in [5, 5.41) is 0. The molecule has 1 atom stereocenters. The van der Waals surface area contributed by atoms with Gasteiger partial charge in [-0.3, -0.25) is 0 Å². The lowest BCUT2D eigenvalue weighted by atomic mass is 10.2. The standard InChI is InChI=1S/C14H18O6/c1-4-11(17-2)9-19-13(15)10-5-7-12(8-6-10)20-14(16)18-3/h5-8,11H,4,9H2,1-3H3/t11-/m0/s1. The maximum absolute atomic E-state index is 11.8. The molecule has 0 saturated carbocycles. The fourth-order valence-electron chi connectivity index (χ4n) is 1.40. The average molecular weight is 282 g/mol. The molecule has 0 aromatic heterocycles. The van der Waals surface area contributed by atoms with Crippen molar-refractivity contribution in [3.63, 3.8) is 0 Å². The Morgan fingerprint density at radius 1 is 1.15 bits per heavy atom. The van der Waals surface area contributed by atoms with Crippen molar-refractivity contribution in [2.24, 2.45) is 0 Å². The van der Waals surface area contributed by atoms with Crippen molar-refractivity contribution < 1.29 is 28.5 Å². The van der Waals surface area contributed by atoms with Crippen LogP contribution < -0.4 is 4.74 Å². The molecule has 1 rings (SSSR count). The van der Waals surface area contributed by atoms with Gasteiger partial charge in [0.25, 0.3) is 0 Å². The van der Waals surface area contributed by atoms with Gasteiger partial charge in [0.2, 0.25) is 0 Å². The number of ether oxygens (including phenoxy) is 4. The number of carbonyl (C=O) groups is 2.